The number of hydrogen-bond acceptors (Lipinski definition) is 5. The lowest BCUT2D eigenvalue weighted by Crippen LogP contribution is -2.30. The number of hydrogen-bond donors (Lipinski definition) is 1. The number of fused-ring (bicyclic) bond motifs is 1. The van der Waals surface area contributed by atoms with Crippen LogP contribution in [0.4, 0.5) is 5.13 Å². The van der Waals surface area contributed by atoms with Gasteiger partial charge in [-0.05, 0) is 24.5 Å². The Kier molecular flexibility index (Phi) is 3.16. The van der Waals surface area contributed by atoms with E-state index in [-0.39, 0.29) is 5.91 Å². The molecule has 0 atom stereocenters. The van der Waals surface area contributed by atoms with Crippen LogP contribution in [0.25, 0.3) is 0 Å². The van der Waals surface area contributed by atoms with Gasteiger partial charge in [-0.15, -0.1) is 10.2 Å². The number of aromatic nitrogens is 2. The third-order valence-electron chi connectivity index (χ3n) is 3.22. The summed E-state index contributed by atoms with van der Waals surface area (Å²) in [5.74, 6) is 0.0712. The molecule has 5 nitrogen and oxygen atoms in total. The minimum atomic E-state index is 0.0712. The minimum Gasteiger partial charge on any atom is -0.374 e. The maximum atomic E-state index is 12.5. The van der Waals surface area contributed by atoms with Crippen molar-refractivity contribution >= 4 is 22.4 Å². The van der Waals surface area contributed by atoms with Crippen LogP contribution in [0.2, 0.25) is 0 Å². The molecule has 0 saturated carbocycles. The third-order valence-corrected chi connectivity index (χ3v) is 3.95. The number of carbonyl (C=O) groups excluding carboxylic acids is 1. The molecule has 2 heterocycles. The van der Waals surface area contributed by atoms with E-state index in [0.717, 1.165) is 35.5 Å². The van der Waals surface area contributed by atoms with Crippen molar-refractivity contribution in [3.05, 3.63) is 40.4 Å². The zero-order valence-electron chi connectivity index (χ0n) is 10.4. The predicted molar refractivity (Wildman–Crippen MR) is 73.8 cm³/mol. The van der Waals surface area contributed by atoms with Crippen molar-refractivity contribution < 1.29 is 4.79 Å². The summed E-state index contributed by atoms with van der Waals surface area (Å²) in [5.41, 5.74) is 7.50. The predicted octanol–water partition coefficient (Wildman–Crippen LogP) is 1.71. The number of carbonyl (C=O) groups is 1. The van der Waals surface area contributed by atoms with Crippen LogP contribution in [0, 0.1) is 0 Å². The number of benzene rings is 1. The van der Waals surface area contributed by atoms with Crippen molar-refractivity contribution in [2.45, 2.75) is 19.4 Å². The van der Waals surface area contributed by atoms with Gasteiger partial charge in [0.1, 0.15) is 5.01 Å². The van der Waals surface area contributed by atoms with E-state index in [1.165, 1.54) is 11.3 Å². The highest BCUT2D eigenvalue weighted by Crippen LogP contribution is 2.21. The van der Waals surface area contributed by atoms with E-state index >= 15 is 0 Å². The normalized spacial score (nSPS) is 15.2. The Morgan fingerprint density at radius 1 is 1.32 bits per heavy atom. The number of nitrogens with two attached hydrogens (primary N) is 1. The SMILES string of the molecule is Nc1nnc(CN2CCCc3ccccc3C2=O)s1. The lowest BCUT2D eigenvalue weighted by molar-refractivity contribution is 0.0748. The van der Waals surface area contributed by atoms with E-state index in [0.29, 0.717) is 11.7 Å². The maximum absolute atomic E-state index is 12.5. The van der Waals surface area contributed by atoms with Crippen molar-refractivity contribution in [1.82, 2.24) is 15.1 Å². The molecule has 0 aliphatic carbocycles. The molecule has 0 radical (unpaired) electrons. The summed E-state index contributed by atoms with van der Waals surface area (Å²) in [7, 11) is 0. The Hall–Kier alpha value is -1.95. The standard InChI is InChI=1S/C13H14N4OS/c14-13-16-15-11(19-13)8-17-7-3-5-9-4-1-2-6-10(9)12(17)18/h1-2,4,6H,3,5,7-8H2,(H2,14,16). The number of rotatable bonds is 2. The zero-order valence-corrected chi connectivity index (χ0v) is 11.2. The van der Waals surface area contributed by atoms with Gasteiger partial charge in [0, 0.05) is 12.1 Å². The van der Waals surface area contributed by atoms with E-state index in [2.05, 4.69) is 10.2 Å². The average molecular weight is 274 g/mol. The van der Waals surface area contributed by atoms with Crippen LogP contribution < -0.4 is 5.73 Å². The topological polar surface area (TPSA) is 72.1 Å². The summed E-state index contributed by atoms with van der Waals surface area (Å²) >= 11 is 1.33. The first-order valence-electron chi connectivity index (χ1n) is 6.19. The number of nitrogens with zero attached hydrogens (tertiary/aromatic N) is 3. The number of anilines is 1. The molecular weight excluding hydrogens is 260 g/mol. The molecule has 1 amide bonds. The molecule has 2 N–H and O–H groups in total. The van der Waals surface area contributed by atoms with Crippen LogP contribution in [0.3, 0.4) is 0 Å². The first kappa shape index (κ1) is 12.1. The average Bonchev–Trinajstić information content (AvgIpc) is 2.75. The van der Waals surface area contributed by atoms with E-state index in [9.17, 15) is 4.79 Å². The van der Waals surface area contributed by atoms with Gasteiger partial charge in [0.25, 0.3) is 5.91 Å². The summed E-state index contributed by atoms with van der Waals surface area (Å²) in [4.78, 5) is 14.3. The number of nitrogen functional groups attached to an aromatic ring is 1. The van der Waals surface area contributed by atoms with Gasteiger partial charge in [0.2, 0.25) is 5.13 Å². The van der Waals surface area contributed by atoms with Crippen LogP contribution in [-0.2, 0) is 13.0 Å². The van der Waals surface area contributed by atoms with Crippen molar-refractivity contribution in [3.8, 4) is 0 Å². The first-order chi connectivity index (χ1) is 9.24. The van der Waals surface area contributed by atoms with Crippen molar-refractivity contribution in [2.75, 3.05) is 12.3 Å². The van der Waals surface area contributed by atoms with Crippen LogP contribution in [-0.4, -0.2) is 27.5 Å². The second-order valence-corrected chi connectivity index (χ2v) is 5.62. The fourth-order valence-corrected chi connectivity index (χ4v) is 2.95. The first-order valence-corrected chi connectivity index (χ1v) is 7.01. The van der Waals surface area contributed by atoms with E-state index in [1.54, 1.807) is 0 Å². The third kappa shape index (κ3) is 2.44. The number of aryl methyl sites for hydroxylation is 1. The molecule has 1 aromatic carbocycles. The molecule has 98 valence electrons. The Morgan fingerprint density at radius 3 is 2.95 bits per heavy atom. The second kappa shape index (κ2) is 4.97. The minimum absolute atomic E-state index is 0.0712. The van der Waals surface area contributed by atoms with Crippen molar-refractivity contribution in [1.29, 1.82) is 0 Å². The van der Waals surface area contributed by atoms with Crippen LogP contribution in [0.1, 0.15) is 27.3 Å². The van der Waals surface area contributed by atoms with Gasteiger partial charge in [-0.25, -0.2) is 0 Å². The Balaban J connectivity index is 1.85. The fraction of sp³-hybridized carbons (Fsp3) is 0.308. The monoisotopic (exact) mass is 274 g/mol. The molecule has 19 heavy (non-hydrogen) atoms. The largest absolute Gasteiger partial charge is 0.374 e. The highest BCUT2D eigenvalue weighted by atomic mass is 32.1. The van der Waals surface area contributed by atoms with Crippen molar-refractivity contribution in [2.24, 2.45) is 0 Å². The smallest absolute Gasteiger partial charge is 0.254 e. The lowest BCUT2D eigenvalue weighted by atomic mass is 10.0. The summed E-state index contributed by atoms with van der Waals surface area (Å²) < 4.78 is 0. The van der Waals surface area contributed by atoms with Crippen LogP contribution in [0.15, 0.2) is 24.3 Å². The molecule has 3 rings (SSSR count). The second-order valence-electron chi connectivity index (χ2n) is 4.52. The van der Waals surface area contributed by atoms with Crippen molar-refractivity contribution in [3.63, 3.8) is 0 Å². The van der Waals surface area contributed by atoms with E-state index in [4.69, 9.17) is 5.73 Å². The Bertz CT molecular complexity index is 610. The molecule has 0 saturated heterocycles. The molecular formula is C13H14N4OS. The van der Waals surface area contributed by atoms with Gasteiger partial charge in [-0.3, -0.25) is 4.79 Å². The van der Waals surface area contributed by atoms with E-state index in [1.807, 2.05) is 29.2 Å². The fourth-order valence-electron chi connectivity index (χ4n) is 2.32. The highest BCUT2D eigenvalue weighted by Gasteiger charge is 2.22. The molecule has 1 aliphatic heterocycles. The molecule has 2 aromatic rings. The van der Waals surface area contributed by atoms with Gasteiger partial charge in [0.05, 0.1) is 6.54 Å². The molecule has 0 unspecified atom stereocenters. The molecule has 0 spiro atoms. The summed E-state index contributed by atoms with van der Waals surface area (Å²) in [5, 5.41) is 8.99. The highest BCUT2D eigenvalue weighted by molar-refractivity contribution is 7.15. The molecule has 1 aliphatic rings. The van der Waals surface area contributed by atoms with Gasteiger partial charge in [0.15, 0.2) is 0 Å². The van der Waals surface area contributed by atoms with Crippen LogP contribution in [0.5, 0.6) is 0 Å². The summed E-state index contributed by atoms with van der Waals surface area (Å²) in [6.07, 6.45) is 1.91. The Morgan fingerprint density at radius 2 is 2.16 bits per heavy atom. The summed E-state index contributed by atoms with van der Waals surface area (Å²) in [6.45, 7) is 1.23. The molecule has 0 fully saturated rings. The molecule has 6 heteroatoms. The van der Waals surface area contributed by atoms with Gasteiger partial charge in [-0.2, -0.15) is 0 Å². The zero-order chi connectivity index (χ0) is 13.2. The van der Waals surface area contributed by atoms with E-state index < -0.39 is 0 Å². The van der Waals surface area contributed by atoms with Gasteiger partial charge >= 0.3 is 0 Å². The maximum Gasteiger partial charge on any atom is 0.254 e. The number of amides is 1. The molecule has 1 aromatic heterocycles. The quantitative estimate of drug-likeness (QED) is 0.905. The van der Waals surface area contributed by atoms with Crippen LogP contribution >= 0.6 is 11.3 Å². The lowest BCUT2D eigenvalue weighted by Gasteiger charge is -2.19. The summed E-state index contributed by atoms with van der Waals surface area (Å²) in [6, 6.07) is 7.81. The van der Waals surface area contributed by atoms with Gasteiger partial charge in [-0.1, -0.05) is 29.5 Å². The Labute approximate surface area is 115 Å². The molecule has 0 bridgehead atoms. The van der Waals surface area contributed by atoms with Gasteiger partial charge < -0.3 is 10.6 Å².